The fraction of sp³-hybridized carbons (Fsp3) is 0.0385. The number of sulfonamides is 1. The molecule has 2 N–H and O–H groups in total. The van der Waals surface area contributed by atoms with Crippen molar-refractivity contribution in [3.05, 3.63) is 103 Å². The number of hydrogen-bond acceptors (Lipinski definition) is 6. The lowest BCUT2D eigenvalue weighted by molar-refractivity contribution is 0.577. The fourth-order valence-electron chi connectivity index (χ4n) is 4.13. The number of nitrogens with zero attached hydrogens (tertiary/aromatic N) is 4. The summed E-state index contributed by atoms with van der Waals surface area (Å²) in [5.41, 5.74) is 4.15. The Labute approximate surface area is 206 Å². The number of para-hydroxylation sites is 1. The highest BCUT2D eigenvalue weighted by Gasteiger charge is 2.25. The molecule has 5 aromatic rings. The molecule has 0 aliphatic carbocycles. The van der Waals surface area contributed by atoms with Gasteiger partial charge in [-0.1, -0.05) is 42.5 Å². The second kappa shape index (κ2) is 8.67. The molecule has 8 nitrogen and oxygen atoms in total. The zero-order chi connectivity index (χ0) is 24.7. The number of anilines is 2. The standard InChI is InChI=1S/C26H19FN6O2S/c27-19-5-3-6-20(15-19)36(34,35)29-16-17-10-12-18(13-11-17)25-31-32-26-21-7-1-2-8-22(21)30-24-23(33(25)26)9-4-14-28-24/h1-15,29H,16H2,(H,28,30). The Morgan fingerprint density at radius 2 is 1.69 bits per heavy atom. The van der Waals surface area contributed by atoms with Crippen LogP contribution in [-0.4, -0.2) is 28.2 Å². The van der Waals surface area contributed by atoms with Crippen LogP contribution in [0.2, 0.25) is 0 Å². The van der Waals surface area contributed by atoms with Gasteiger partial charge in [0, 0.05) is 23.9 Å². The number of rotatable bonds is 5. The van der Waals surface area contributed by atoms with Crippen LogP contribution in [0.1, 0.15) is 5.56 Å². The van der Waals surface area contributed by atoms with Gasteiger partial charge in [0.25, 0.3) is 0 Å². The molecular formula is C26H19FN6O2S. The molecule has 178 valence electrons. The van der Waals surface area contributed by atoms with Crippen molar-refractivity contribution in [2.24, 2.45) is 0 Å². The van der Waals surface area contributed by atoms with Gasteiger partial charge in [-0.25, -0.2) is 22.5 Å². The Bertz CT molecular complexity index is 1700. The molecule has 0 spiro atoms. The van der Waals surface area contributed by atoms with Crippen LogP contribution < -0.4 is 10.0 Å². The number of benzene rings is 3. The van der Waals surface area contributed by atoms with E-state index in [0.29, 0.717) is 17.5 Å². The minimum absolute atomic E-state index is 0.0567. The van der Waals surface area contributed by atoms with Gasteiger partial charge in [-0.15, -0.1) is 10.2 Å². The lowest BCUT2D eigenvalue weighted by atomic mass is 10.1. The maximum atomic E-state index is 13.4. The third-order valence-electron chi connectivity index (χ3n) is 5.90. The largest absolute Gasteiger partial charge is 0.338 e. The van der Waals surface area contributed by atoms with Crippen molar-refractivity contribution in [2.75, 3.05) is 5.32 Å². The zero-order valence-electron chi connectivity index (χ0n) is 18.8. The predicted molar refractivity (Wildman–Crippen MR) is 134 cm³/mol. The molecule has 1 aliphatic rings. The van der Waals surface area contributed by atoms with E-state index in [1.165, 1.54) is 18.2 Å². The first-order valence-corrected chi connectivity index (χ1v) is 12.6. The molecule has 3 aromatic carbocycles. The van der Waals surface area contributed by atoms with Crippen molar-refractivity contribution in [3.8, 4) is 28.5 Å². The van der Waals surface area contributed by atoms with Crippen LogP contribution in [0.4, 0.5) is 15.9 Å². The zero-order valence-corrected chi connectivity index (χ0v) is 19.6. The molecule has 0 saturated carbocycles. The van der Waals surface area contributed by atoms with Gasteiger partial charge < -0.3 is 5.32 Å². The molecule has 0 unspecified atom stereocenters. The summed E-state index contributed by atoms with van der Waals surface area (Å²) in [5.74, 6) is 1.40. The second-order valence-electron chi connectivity index (χ2n) is 8.20. The monoisotopic (exact) mass is 498 g/mol. The van der Waals surface area contributed by atoms with Gasteiger partial charge >= 0.3 is 0 Å². The summed E-state index contributed by atoms with van der Waals surface area (Å²) in [7, 11) is -3.84. The van der Waals surface area contributed by atoms with E-state index in [1.807, 2.05) is 65.2 Å². The Kier molecular flexibility index (Phi) is 5.32. The van der Waals surface area contributed by atoms with Crippen molar-refractivity contribution in [2.45, 2.75) is 11.4 Å². The maximum Gasteiger partial charge on any atom is 0.240 e. The normalized spacial score (nSPS) is 12.1. The third kappa shape index (κ3) is 3.92. The topological polar surface area (TPSA) is 102 Å². The molecule has 2 aromatic heterocycles. The molecule has 0 radical (unpaired) electrons. The predicted octanol–water partition coefficient (Wildman–Crippen LogP) is 4.67. The lowest BCUT2D eigenvalue weighted by Crippen LogP contribution is -2.23. The van der Waals surface area contributed by atoms with E-state index in [9.17, 15) is 12.8 Å². The maximum absolute atomic E-state index is 13.4. The number of hydrogen-bond donors (Lipinski definition) is 2. The second-order valence-corrected chi connectivity index (χ2v) is 9.97. The van der Waals surface area contributed by atoms with Crippen molar-refractivity contribution in [3.63, 3.8) is 0 Å². The smallest absolute Gasteiger partial charge is 0.240 e. The van der Waals surface area contributed by atoms with Gasteiger partial charge in [0.05, 0.1) is 16.3 Å². The summed E-state index contributed by atoms with van der Waals surface area (Å²) in [4.78, 5) is 4.39. The molecule has 0 atom stereocenters. The van der Waals surface area contributed by atoms with E-state index in [0.717, 1.165) is 34.1 Å². The van der Waals surface area contributed by atoms with Crippen LogP contribution >= 0.6 is 0 Å². The molecule has 0 fully saturated rings. The lowest BCUT2D eigenvalue weighted by Gasteiger charge is -2.11. The van der Waals surface area contributed by atoms with E-state index in [2.05, 4.69) is 25.2 Å². The van der Waals surface area contributed by atoms with Gasteiger partial charge in [0.2, 0.25) is 10.0 Å². The van der Waals surface area contributed by atoms with Crippen molar-refractivity contribution in [1.82, 2.24) is 24.5 Å². The molecule has 36 heavy (non-hydrogen) atoms. The molecule has 0 bridgehead atoms. The van der Waals surface area contributed by atoms with E-state index >= 15 is 0 Å². The first-order valence-electron chi connectivity index (χ1n) is 11.1. The van der Waals surface area contributed by atoms with Gasteiger partial charge in [-0.05, 0) is 48.0 Å². The highest BCUT2D eigenvalue weighted by atomic mass is 32.2. The molecule has 3 heterocycles. The third-order valence-corrected chi connectivity index (χ3v) is 7.30. The minimum atomic E-state index is -3.84. The van der Waals surface area contributed by atoms with Crippen molar-refractivity contribution in [1.29, 1.82) is 0 Å². The number of halogens is 1. The molecule has 1 aliphatic heterocycles. The van der Waals surface area contributed by atoms with Crippen molar-refractivity contribution >= 4 is 21.5 Å². The van der Waals surface area contributed by atoms with Crippen LogP contribution in [0.5, 0.6) is 0 Å². The minimum Gasteiger partial charge on any atom is -0.338 e. The van der Waals surface area contributed by atoms with Crippen LogP contribution in [0, 0.1) is 5.82 Å². The number of aromatic nitrogens is 4. The first kappa shape index (κ1) is 22.1. The molecule has 0 saturated heterocycles. The Morgan fingerprint density at radius 3 is 2.53 bits per heavy atom. The van der Waals surface area contributed by atoms with Crippen LogP contribution in [0.25, 0.3) is 28.5 Å². The first-order chi connectivity index (χ1) is 17.5. The van der Waals surface area contributed by atoms with Gasteiger partial charge in [-0.3, -0.25) is 4.57 Å². The summed E-state index contributed by atoms with van der Waals surface area (Å²) in [6.45, 7) is 0.0567. The highest BCUT2D eigenvalue weighted by molar-refractivity contribution is 7.89. The Hall–Kier alpha value is -4.41. The summed E-state index contributed by atoms with van der Waals surface area (Å²) < 4.78 is 42.9. The average molecular weight is 499 g/mol. The van der Waals surface area contributed by atoms with Gasteiger partial charge in [0.1, 0.15) is 5.82 Å². The van der Waals surface area contributed by atoms with Crippen LogP contribution in [-0.2, 0) is 16.6 Å². The van der Waals surface area contributed by atoms with E-state index < -0.39 is 15.8 Å². The van der Waals surface area contributed by atoms with E-state index in [1.54, 1.807) is 6.20 Å². The molecular weight excluding hydrogens is 479 g/mol. The van der Waals surface area contributed by atoms with Crippen LogP contribution in [0.15, 0.2) is 96.0 Å². The van der Waals surface area contributed by atoms with E-state index in [4.69, 9.17) is 0 Å². The summed E-state index contributed by atoms with van der Waals surface area (Å²) in [6.07, 6.45) is 1.73. The molecule has 6 rings (SSSR count). The van der Waals surface area contributed by atoms with Gasteiger partial charge in [-0.2, -0.15) is 0 Å². The summed E-state index contributed by atoms with van der Waals surface area (Å²) in [6, 6.07) is 23.9. The quantitative estimate of drug-likeness (QED) is 0.358. The van der Waals surface area contributed by atoms with E-state index in [-0.39, 0.29) is 11.4 Å². The number of pyridine rings is 1. The fourth-order valence-corrected chi connectivity index (χ4v) is 5.18. The number of fused-ring (bicyclic) bond motifs is 5. The van der Waals surface area contributed by atoms with Crippen molar-refractivity contribution < 1.29 is 12.8 Å². The van der Waals surface area contributed by atoms with Crippen LogP contribution in [0.3, 0.4) is 0 Å². The van der Waals surface area contributed by atoms with Gasteiger partial charge in [0.15, 0.2) is 17.5 Å². The molecule has 10 heteroatoms. The Morgan fingerprint density at radius 1 is 0.889 bits per heavy atom. The SMILES string of the molecule is O=S(=O)(NCc1ccc(-c2nnc3n2-c2cccnc2Nc2ccccc2-3)cc1)c1cccc(F)c1. The molecule has 0 amide bonds. The summed E-state index contributed by atoms with van der Waals surface area (Å²) in [5, 5.41) is 12.4. The highest BCUT2D eigenvalue weighted by Crippen LogP contribution is 2.38. The Balaban J connectivity index is 1.32. The average Bonchev–Trinajstić information content (AvgIpc) is 3.27. The summed E-state index contributed by atoms with van der Waals surface area (Å²) >= 11 is 0. The number of nitrogens with one attached hydrogen (secondary N) is 2.